The average Bonchev–Trinajstić information content (AvgIpc) is 2.17. The summed E-state index contributed by atoms with van der Waals surface area (Å²) in [4.78, 5) is 11.0. The molecule has 0 spiro atoms. The van der Waals surface area contributed by atoms with Crippen molar-refractivity contribution >= 4 is 5.97 Å². The van der Waals surface area contributed by atoms with Crippen LogP contribution < -0.4 is 4.74 Å². The van der Waals surface area contributed by atoms with E-state index < -0.39 is 5.97 Å². The summed E-state index contributed by atoms with van der Waals surface area (Å²) in [5.74, 6) is -0.547. The normalized spacial score (nSPS) is 9.73. The number of benzene rings is 1. The van der Waals surface area contributed by atoms with Crippen molar-refractivity contribution in [3.63, 3.8) is 0 Å². The van der Waals surface area contributed by atoms with Gasteiger partial charge in [0.05, 0.1) is 7.11 Å². The second kappa shape index (κ2) is 4.64. The van der Waals surface area contributed by atoms with Gasteiger partial charge in [0.2, 0.25) is 0 Å². The molecule has 0 fully saturated rings. The number of aryl methyl sites for hydroxylation is 1. The van der Waals surface area contributed by atoms with Gasteiger partial charge in [-0.05, 0) is 30.5 Å². The lowest BCUT2D eigenvalue weighted by molar-refractivity contribution is 0.0693. The number of allylic oxidation sites excluding steroid dienone is 1. The molecule has 80 valence electrons. The van der Waals surface area contributed by atoms with Gasteiger partial charge >= 0.3 is 5.97 Å². The standard InChI is InChI=1S/C12H14O3/c1-4-5-9-6-8(2)7-10(12(13)14)11(9)15-3/h4,6-7H,1,5H2,2-3H3,(H,13,14). The van der Waals surface area contributed by atoms with Crippen molar-refractivity contribution in [3.05, 3.63) is 41.5 Å². The van der Waals surface area contributed by atoms with Crippen LogP contribution in [0.2, 0.25) is 0 Å². The SMILES string of the molecule is C=CCc1cc(C)cc(C(=O)O)c1OC. The van der Waals surface area contributed by atoms with Crippen molar-refractivity contribution < 1.29 is 14.6 Å². The molecule has 0 bridgehead atoms. The summed E-state index contributed by atoms with van der Waals surface area (Å²) < 4.78 is 5.12. The highest BCUT2D eigenvalue weighted by Gasteiger charge is 2.14. The van der Waals surface area contributed by atoms with Crippen LogP contribution in [0.15, 0.2) is 24.8 Å². The first kappa shape index (κ1) is 11.3. The minimum atomic E-state index is -0.971. The highest BCUT2D eigenvalue weighted by Crippen LogP contribution is 2.26. The van der Waals surface area contributed by atoms with Gasteiger partial charge in [0.1, 0.15) is 11.3 Å². The number of hydrogen-bond acceptors (Lipinski definition) is 2. The zero-order chi connectivity index (χ0) is 11.4. The molecule has 0 aliphatic heterocycles. The Labute approximate surface area is 89.0 Å². The summed E-state index contributed by atoms with van der Waals surface area (Å²) in [5.41, 5.74) is 1.96. The Kier molecular flexibility index (Phi) is 3.50. The molecular weight excluding hydrogens is 192 g/mol. The Morgan fingerprint density at radius 2 is 2.27 bits per heavy atom. The van der Waals surface area contributed by atoms with Gasteiger partial charge in [-0.15, -0.1) is 6.58 Å². The van der Waals surface area contributed by atoms with E-state index in [9.17, 15) is 4.79 Å². The molecule has 0 aliphatic carbocycles. The van der Waals surface area contributed by atoms with E-state index in [1.165, 1.54) is 7.11 Å². The van der Waals surface area contributed by atoms with Crippen LogP contribution in [0.5, 0.6) is 5.75 Å². The summed E-state index contributed by atoms with van der Waals surface area (Å²) in [6.45, 7) is 5.49. The first-order valence-corrected chi connectivity index (χ1v) is 4.61. The molecule has 1 aromatic rings. The monoisotopic (exact) mass is 206 g/mol. The van der Waals surface area contributed by atoms with E-state index >= 15 is 0 Å². The van der Waals surface area contributed by atoms with Crippen LogP contribution in [0.1, 0.15) is 21.5 Å². The third-order valence-electron chi connectivity index (χ3n) is 2.11. The predicted molar refractivity (Wildman–Crippen MR) is 58.6 cm³/mol. The molecule has 0 unspecified atom stereocenters. The predicted octanol–water partition coefficient (Wildman–Crippen LogP) is 2.43. The lowest BCUT2D eigenvalue weighted by Crippen LogP contribution is -2.04. The van der Waals surface area contributed by atoms with Crippen LogP contribution in [0, 0.1) is 6.92 Å². The molecule has 3 heteroatoms. The van der Waals surface area contributed by atoms with Gasteiger partial charge in [-0.1, -0.05) is 12.1 Å². The molecule has 0 amide bonds. The summed E-state index contributed by atoms with van der Waals surface area (Å²) in [6, 6.07) is 3.51. The smallest absolute Gasteiger partial charge is 0.339 e. The number of methoxy groups -OCH3 is 1. The fourth-order valence-electron chi connectivity index (χ4n) is 1.56. The van der Waals surface area contributed by atoms with Gasteiger partial charge in [0.15, 0.2) is 0 Å². The largest absolute Gasteiger partial charge is 0.496 e. The van der Waals surface area contributed by atoms with Gasteiger partial charge in [0, 0.05) is 0 Å². The Bertz CT molecular complexity index is 394. The molecule has 1 N–H and O–H groups in total. The van der Waals surface area contributed by atoms with Gasteiger partial charge in [-0.3, -0.25) is 0 Å². The molecular formula is C12H14O3. The van der Waals surface area contributed by atoms with Crippen LogP contribution in [-0.2, 0) is 6.42 Å². The van der Waals surface area contributed by atoms with Crippen LogP contribution in [-0.4, -0.2) is 18.2 Å². The third kappa shape index (κ3) is 2.37. The molecule has 1 aromatic carbocycles. The second-order valence-electron chi connectivity index (χ2n) is 3.30. The van der Waals surface area contributed by atoms with Gasteiger partial charge in [-0.25, -0.2) is 4.79 Å². The van der Waals surface area contributed by atoms with E-state index in [2.05, 4.69) is 6.58 Å². The van der Waals surface area contributed by atoms with E-state index in [4.69, 9.17) is 9.84 Å². The number of hydrogen-bond donors (Lipinski definition) is 1. The molecule has 0 saturated carbocycles. The van der Waals surface area contributed by atoms with Crippen LogP contribution in [0.25, 0.3) is 0 Å². The highest BCUT2D eigenvalue weighted by molar-refractivity contribution is 5.91. The molecule has 0 saturated heterocycles. The highest BCUT2D eigenvalue weighted by atomic mass is 16.5. The number of aromatic carboxylic acids is 1. The zero-order valence-corrected chi connectivity index (χ0v) is 8.91. The number of ether oxygens (including phenoxy) is 1. The van der Waals surface area contributed by atoms with Gasteiger partial charge in [-0.2, -0.15) is 0 Å². The number of carboxylic acids is 1. The van der Waals surface area contributed by atoms with E-state index in [0.29, 0.717) is 12.2 Å². The summed E-state index contributed by atoms with van der Waals surface area (Å²) in [5, 5.41) is 9.01. The quantitative estimate of drug-likeness (QED) is 0.769. The topological polar surface area (TPSA) is 46.5 Å². The van der Waals surface area contributed by atoms with Crippen molar-refractivity contribution in [3.8, 4) is 5.75 Å². The van der Waals surface area contributed by atoms with E-state index in [0.717, 1.165) is 11.1 Å². The first-order valence-electron chi connectivity index (χ1n) is 4.61. The Morgan fingerprint density at radius 3 is 2.73 bits per heavy atom. The van der Waals surface area contributed by atoms with Crippen LogP contribution >= 0.6 is 0 Å². The number of carbonyl (C=O) groups is 1. The molecule has 0 radical (unpaired) electrons. The van der Waals surface area contributed by atoms with E-state index in [1.807, 2.05) is 13.0 Å². The maximum absolute atomic E-state index is 11.0. The average molecular weight is 206 g/mol. The number of rotatable bonds is 4. The minimum Gasteiger partial charge on any atom is -0.496 e. The summed E-state index contributed by atoms with van der Waals surface area (Å²) in [7, 11) is 1.48. The van der Waals surface area contributed by atoms with Gasteiger partial charge < -0.3 is 9.84 Å². The molecule has 3 nitrogen and oxygen atoms in total. The Hall–Kier alpha value is -1.77. The molecule has 0 aliphatic rings. The fourth-order valence-corrected chi connectivity index (χ4v) is 1.56. The molecule has 0 heterocycles. The summed E-state index contributed by atoms with van der Waals surface area (Å²) in [6.07, 6.45) is 2.33. The third-order valence-corrected chi connectivity index (χ3v) is 2.11. The molecule has 0 atom stereocenters. The fraction of sp³-hybridized carbons (Fsp3) is 0.250. The zero-order valence-electron chi connectivity index (χ0n) is 8.91. The van der Waals surface area contributed by atoms with Crippen molar-refractivity contribution in [2.75, 3.05) is 7.11 Å². The first-order chi connectivity index (χ1) is 7.10. The van der Waals surface area contributed by atoms with Crippen LogP contribution in [0.4, 0.5) is 0 Å². The summed E-state index contributed by atoms with van der Waals surface area (Å²) >= 11 is 0. The molecule has 0 aromatic heterocycles. The van der Waals surface area contributed by atoms with E-state index in [1.54, 1.807) is 12.1 Å². The lowest BCUT2D eigenvalue weighted by atomic mass is 10.0. The second-order valence-corrected chi connectivity index (χ2v) is 3.30. The minimum absolute atomic E-state index is 0.203. The maximum atomic E-state index is 11.0. The lowest BCUT2D eigenvalue weighted by Gasteiger charge is -2.11. The van der Waals surface area contributed by atoms with E-state index in [-0.39, 0.29) is 5.56 Å². The van der Waals surface area contributed by atoms with Crippen molar-refractivity contribution in [1.82, 2.24) is 0 Å². The molecule has 15 heavy (non-hydrogen) atoms. The number of carboxylic acid groups (broad SMARTS) is 1. The van der Waals surface area contributed by atoms with Crippen LogP contribution in [0.3, 0.4) is 0 Å². The van der Waals surface area contributed by atoms with Crippen molar-refractivity contribution in [2.45, 2.75) is 13.3 Å². The Balaban J connectivity index is 3.37. The maximum Gasteiger partial charge on any atom is 0.339 e. The van der Waals surface area contributed by atoms with Gasteiger partial charge in [0.25, 0.3) is 0 Å². The molecule has 1 rings (SSSR count). The van der Waals surface area contributed by atoms with Crippen molar-refractivity contribution in [1.29, 1.82) is 0 Å². The Morgan fingerprint density at radius 1 is 1.60 bits per heavy atom. The van der Waals surface area contributed by atoms with Crippen molar-refractivity contribution in [2.24, 2.45) is 0 Å².